The SMILES string of the molecule is CC(C)CCC(C)NS(=O)(=O)c1ccc(C(C)N)cc1. The maximum Gasteiger partial charge on any atom is 0.240 e. The standard InChI is InChI=1S/C15H26N2O2S/c1-11(2)5-6-12(3)17-20(18,19)15-9-7-14(8-10-15)13(4)16/h7-13,17H,5-6,16H2,1-4H3. The fourth-order valence-corrected chi connectivity index (χ4v) is 3.20. The zero-order valence-electron chi connectivity index (χ0n) is 12.8. The van der Waals surface area contributed by atoms with Crippen molar-refractivity contribution in [3.63, 3.8) is 0 Å². The second kappa shape index (κ2) is 7.20. The van der Waals surface area contributed by atoms with Crippen LogP contribution < -0.4 is 10.5 Å². The Kier molecular flexibility index (Phi) is 6.17. The molecule has 0 amide bonds. The fraction of sp³-hybridized carbons (Fsp3) is 0.600. The lowest BCUT2D eigenvalue weighted by molar-refractivity contribution is 0.485. The predicted octanol–water partition coefficient (Wildman–Crippen LogP) is 2.81. The number of hydrogen-bond donors (Lipinski definition) is 2. The van der Waals surface area contributed by atoms with E-state index >= 15 is 0 Å². The van der Waals surface area contributed by atoms with Crippen LogP contribution in [-0.4, -0.2) is 14.5 Å². The summed E-state index contributed by atoms with van der Waals surface area (Å²) in [4.78, 5) is 0.290. The average Bonchev–Trinajstić information content (AvgIpc) is 2.36. The van der Waals surface area contributed by atoms with Crippen molar-refractivity contribution in [2.75, 3.05) is 0 Å². The fourth-order valence-electron chi connectivity index (χ4n) is 1.93. The molecule has 0 heterocycles. The van der Waals surface area contributed by atoms with Gasteiger partial charge in [0.15, 0.2) is 0 Å². The second-order valence-corrected chi connectivity index (χ2v) is 7.57. The first-order valence-electron chi connectivity index (χ1n) is 7.10. The van der Waals surface area contributed by atoms with Crippen molar-refractivity contribution in [2.45, 2.75) is 57.5 Å². The topological polar surface area (TPSA) is 72.2 Å². The second-order valence-electron chi connectivity index (χ2n) is 5.85. The van der Waals surface area contributed by atoms with E-state index in [0.717, 1.165) is 18.4 Å². The van der Waals surface area contributed by atoms with Crippen molar-refractivity contribution in [3.05, 3.63) is 29.8 Å². The third-order valence-electron chi connectivity index (χ3n) is 3.25. The van der Waals surface area contributed by atoms with Gasteiger partial charge in [-0.3, -0.25) is 0 Å². The van der Waals surface area contributed by atoms with Crippen molar-refractivity contribution >= 4 is 10.0 Å². The molecule has 0 aliphatic rings. The van der Waals surface area contributed by atoms with Crippen LogP contribution in [-0.2, 0) is 10.0 Å². The molecule has 4 nitrogen and oxygen atoms in total. The van der Waals surface area contributed by atoms with E-state index in [9.17, 15) is 8.42 Å². The van der Waals surface area contributed by atoms with Crippen LogP contribution in [0.25, 0.3) is 0 Å². The first kappa shape index (κ1) is 17.1. The molecule has 114 valence electrons. The molecule has 0 bridgehead atoms. The van der Waals surface area contributed by atoms with Crippen molar-refractivity contribution < 1.29 is 8.42 Å². The smallest absolute Gasteiger partial charge is 0.240 e. The Morgan fingerprint density at radius 3 is 2.05 bits per heavy atom. The summed E-state index contributed by atoms with van der Waals surface area (Å²) >= 11 is 0. The molecule has 0 saturated carbocycles. The van der Waals surface area contributed by atoms with Gasteiger partial charge in [-0.25, -0.2) is 13.1 Å². The number of nitrogens with one attached hydrogen (secondary N) is 1. The van der Waals surface area contributed by atoms with Crippen molar-refractivity contribution in [2.24, 2.45) is 11.7 Å². The zero-order valence-corrected chi connectivity index (χ0v) is 13.6. The summed E-state index contributed by atoms with van der Waals surface area (Å²) in [5.41, 5.74) is 6.68. The minimum absolute atomic E-state index is 0.0597. The third-order valence-corrected chi connectivity index (χ3v) is 4.85. The molecule has 1 rings (SSSR count). The summed E-state index contributed by atoms with van der Waals surface area (Å²) in [6.45, 7) is 8.04. The van der Waals surface area contributed by atoms with Crippen LogP contribution in [0.5, 0.6) is 0 Å². The summed E-state index contributed by atoms with van der Waals surface area (Å²) in [6.07, 6.45) is 1.85. The van der Waals surface area contributed by atoms with Crippen molar-refractivity contribution in [1.82, 2.24) is 4.72 Å². The molecule has 0 saturated heterocycles. The Hall–Kier alpha value is -0.910. The van der Waals surface area contributed by atoms with Gasteiger partial charge in [0.1, 0.15) is 0 Å². The van der Waals surface area contributed by atoms with Crippen LogP contribution in [0.2, 0.25) is 0 Å². The first-order chi connectivity index (χ1) is 9.22. The number of hydrogen-bond acceptors (Lipinski definition) is 3. The summed E-state index contributed by atoms with van der Waals surface area (Å²) in [7, 11) is -3.44. The largest absolute Gasteiger partial charge is 0.324 e. The van der Waals surface area contributed by atoms with Gasteiger partial charge in [0, 0.05) is 12.1 Å². The van der Waals surface area contributed by atoms with Gasteiger partial charge in [-0.2, -0.15) is 0 Å². The number of sulfonamides is 1. The summed E-state index contributed by atoms with van der Waals surface area (Å²) in [5, 5.41) is 0. The van der Waals surface area contributed by atoms with Crippen molar-refractivity contribution in [3.8, 4) is 0 Å². The van der Waals surface area contributed by atoms with E-state index in [1.54, 1.807) is 24.3 Å². The molecule has 5 heteroatoms. The Morgan fingerprint density at radius 2 is 1.60 bits per heavy atom. The average molecular weight is 298 g/mol. The normalized spacial score (nSPS) is 15.3. The van der Waals surface area contributed by atoms with Gasteiger partial charge in [-0.1, -0.05) is 26.0 Å². The molecule has 0 radical (unpaired) electrons. The summed E-state index contributed by atoms with van der Waals surface area (Å²) in [6, 6.07) is 6.59. The molecule has 0 fully saturated rings. The predicted molar refractivity (Wildman–Crippen MR) is 82.9 cm³/mol. The van der Waals surface area contributed by atoms with Gasteiger partial charge in [-0.05, 0) is 50.3 Å². The molecule has 0 aliphatic carbocycles. The van der Waals surface area contributed by atoms with Crippen LogP contribution in [0, 0.1) is 5.92 Å². The van der Waals surface area contributed by atoms with Gasteiger partial charge in [0.05, 0.1) is 4.90 Å². The van der Waals surface area contributed by atoms with E-state index in [2.05, 4.69) is 18.6 Å². The molecule has 1 aromatic rings. The Bertz CT molecular complexity index is 507. The number of rotatable bonds is 7. The molecule has 1 aromatic carbocycles. The van der Waals surface area contributed by atoms with Gasteiger partial charge in [-0.15, -0.1) is 0 Å². The lowest BCUT2D eigenvalue weighted by atomic mass is 10.1. The molecule has 20 heavy (non-hydrogen) atoms. The van der Waals surface area contributed by atoms with Gasteiger partial charge >= 0.3 is 0 Å². The van der Waals surface area contributed by atoms with E-state index in [4.69, 9.17) is 5.73 Å². The van der Waals surface area contributed by atoms with E-state index < -0.39 is 10.0 Å². The van der Waals surface area contributed by atoms with E-state index in [0.29, 0.717) is 10.8 Å². The lowest BCUT2D eigenvalue weighted by Gasteiger charge is -2.15. The Labute approximate surface area is 122 Å². The molecule has 3 N–H and O–H groups in total. The van der Waals surface area contributed by atoms with Crippen LogP contribution in [0.4, 0.5) is 0 Å². The molecule has 2 unspecified atom stereocenters. The molecular weight excluding hydrogens is 272 g/mol. The highest BCUT2D eigenvalue weighted by atomic mass is 32.2. The zero-order chi connectivity index (χ0) is 15.3. The van der Waals surface area contributed by atoms with E-state index in [-0.39, 0.29) is 12.1 Å². The monoisotopic (exact) mass is 298 g/mol. The van der Waals surface area contributed by atoms with Gasteiger partial charge in [0.2, 0.25) is 10.0 Å². The van der Waals surface area contributed by atoms with Crippen molar-refractivity contribution in [1.29, 1.82) is 0 Å². The molecular formula is C15H26N2O2S. The van der Waals surface area contributed by atoms with Gasteiger partial charge in [0.25, 0.3) is 0 Å². The minimum Gasteiger partial charge on any atom is -0.324 e. The highest BCUT2D eigenvalue weighted by Gasteiger charge is 2.17. The maximum absolute atomic E-state index is 12.2. The van der Waals surface area contributed by atoms with E-state index in [1.807, 2.05) is 13.8 Å². The lowest BCUT2D eigenvalue weighted by Crippen LogP contribution is -2.32. The Morgan fingerprint density at radius 1 is 1.05 bits per heavy atom. The maximum atomic E-state index is 12.2. The first-order valence-corrected chi connectivity index (χ1v) is 8.58. The quantitative estimate of drug-likeness (QED) is 0.813. The minimum atomic E-state index is -3.44. The molecule has 0 aliphatic heterocycles. The summed E-state index contributed by atoms with van der Waals surface area (Å²) < 4.78 is 27.2. The highest BCUT2D eigenvalue weighted by Crippen LogP contribution is 2.16. The molecule has 0 spiro atoms. The van der Waals surface area contributed by atoms with Crippen LogP contribution in [0.1, 0.15) is 52.1 Å². The van der Waals surface area contributed by atoms with Crippen LogP contribution in [0.15, 0.2) is 29.2 Å². The van der Waals surface area contributed by atoms with Crippen LogP contribution >= 0.6 is 0 Å². The van der Waals surface area contributed by atoms with Gasteiger partial charge < -0.3 is 5.73 Å². The number of nitrogens with two attached hydrogens (primary N) is 1. The van der Waals surface area contributed by atoms with E-state index in [1.165, 1.54) is 0 Å². The Balaban J connectivity index is 2.73. The molecule has 2 atom stereocenters. The molecule has 0 aromatic heterocycles. The highest BCUT2D eigenvalue weighted by molar-refractivity contribution is 7.89. The third kappa shape index (κ3) is 5.23. The van der Waals surface area contributed by atoms with Crippen LogP contribution in [0.3, 0.4) is 0 Å². The summed E-state index contributed by atoms with van der Waals surface area (Å²) in [5.74, 6) is 0.576. The number of benzene rings is 1.